The van der Waals surface area contributed by atoms with Crippen LogP contribution in [0.25, 0.3) is 0 Å². The van der Waals surface area contributed by atoms with E-state index in [9.17, 15) is 9.59 Å². The molecule has 1 fully saturated rings. The molecule has 86 valence electrons. The summed E-state index contributed by atoms with van der Waals surface area (Å²) in [4.78, 5) is 22.3. The number of aromatic carboxylic acids is 1. The van der Waals surface area contributed by atoms with Crippen LogP contribution in [0.2, 0.25) is 0 Å². The Balaban J connectivity index is 2.06. The summed E-state index contributed by atoms with van der Waals surface area (Å²) in [6, 6.07) is 0. The second kappa shape index (κ2) is 3.96. The standard InChI is InChI=1S/C10H13N3O3/c1-13-5-7(10(15)16)9(12-13)11-8(14)4-6-2-3-6/h5-6H,2-4H2,1H3,(H,15,16)(H,11,12,14). The van der Waals surface area contributed by atoms with E-state index in [2.05, 4.69) is 10.4 Å². The first-order chi connectivity index (χ1) is 7.56. The maximum Gasteiger partial charge on any atom is 0.341 e. The third-order valence-electron chi connectivity index (χ3n) is 2.49. The third-order valence-corrected chi connectivity index (χ3v) is 2.49. The lowest BCUT2D eigenvalue weighted by Gasteiger charge is -2.01. The molecule has 0 aromatic carbocycles. The highest BCUT2D eigenvalue weighted by Crippen LogP contribution is 2.32. The molecule has 1 aromatic rings. The van der Waals surface area contributed by atoms with E-state index in [1.54, 1.807) is 7.05 Å². The second-order valence-corrected chi connectivity index (χ2v) is 4.07. The van der Waals surface area contributed by atoms with E-state index in [0.717, 1.165) is 12.8 Å². The number of amides is 1. The number of aryl methyl sites for hydroxylation is 1. The van der Waals surface area contributed by atoms with Crippen molar-refractivity contribution in [3.05, 3.63) is 11.8 Å². The largest absolute Gasteiger partial charge is 0.477 e. The van der Waals surface area contributed by atoms with Gasteiger partial charge in [0.25, 0.3) is 0 Å². The van der Waals surface area contributed by atoms with Gasteiger partial charge in [0.15, 0.2) is 5.82 Å². The molecule has 6 heteroatoms. The topological polar surface area (TPSA) is 84.2 Å². The predicted octanol–water partition coefficient (Wildman–Crippen LogP) is 0.857. The summed E-state index contributed by atoms with van der Waals surface area (Å²) in [6.45, 7) is 0. The first-order valence-electron chi connectivity index (χ1n) is 5.13. The quantitative estimate of drug-likeness (QED) is 0.792. The van der Waals surface area contributed by atoms with Crippen LogP contribution in [0.4, 0.5) is 5.82 Å². The molecule has 2 rings (SSSR count). The minimum absolute atomic E-state index is 0.0200. The highest BCUT2D eigenvalue weighted by atomic mass is 16.4. The van der Waals surface area contributed by atoms with Gasteiger partial charge in [0.05, 0.1) is 0 Å². The number of carbonyl (C=O) groups is 2. The van der Waals surface area contributed by atoms with Crippen molar-refractivity contribution in [3.63, 3.8) is 0 Å². The molecule has 2 N–H and O–H groups in total. The zero-order chi connectivity index (χ0) is 11.7. The van der Waals surface area contributed by atoms with Gasteiger partial charge in [-0.15, -0.1) is 0 Å². The fourth-order valence-corrected chi connectivity index (χ4v) is 1.50. The molecule has 0 radical (unpaired) electrons. The molecular formula is C10H13N3O3. The highest BCUT2D eigenvalue weighted by Gasteiger charge is 2.25. The average Bonchev–Trinajstić information content (AvgIpc) is 2.89. The fourth-order valence-electron chi connectivity index (χ4n) is 1.50. The van der Waals surface area contributed by atoms with Crippen LogP contribution in [0.1, 0.15) is 29.6 Å². The SMILES string of the molecule is Cn1cc(C(=O)O)c(NC(=O)CC2CC2)n1. The van der Waals surface area contributed by atoms with Gasteiger partial charge in [-0.1, -0.05) is 0 Å². The first kappa shape index (κ1) is 10.7. The zero-order valence-corrected chi connectivity index (χ0v) is 8.93. The Morgan fingerprint density at radius 3 is 2.88 bits per heavy atom. The number of anilines is 1. The van der Waals surface area contributed by atoms with Crippen molar-refractivity contribution >= 4 is 17.7 Å². The Labute approximate surface area is 92.3 Å². The van der Waals surface area contributed by atoms with E-state index < -0.39 is 5.97 Å². The number of hydrogen-bond acceptors (Lipinski definition) is 3. The van der Waals surface area contributed by atoms with Crippen molar-refractivity contribution in [2.75, 3.05) is 5.32 Å². The molecular weight excluding hydrogens is 210 g/mol. The van der Waals surface area contributed by atoms with Gasteiger partial charge >= 0.3 is 5.97 Å². The highest BCUT2D eigenvalue weighted by molar-refractivity contribution is 5.99. The monoisotopic (exact) mass is 223 g/mol. The van der Waals surface area contributed by atoms with E-state index in [-0.39, 0.29) is 17.3 Å². The van der Waals surface area contributed by atoms with E-state index >= 15 is 0 Å². The Morgan fingerprint density at radius 2 is 2.31 bits per heavy atom. The molecule has 1 aromatic heterocycles. The van der Waals surface area contributed by atoms with Crippen molar-refractivity contribution in [3.8, 4) is 0 Å². The Kier molecular flexibility index (Phi) is 2.64. The normalized spacial score (nSPS) is 14.8. The lowest BCUT2D eigenvalue weighted by molar-refractivity contribution is -0.116. The Morgan fingerprint density at radius 1 is 1.62 bits per heavy atom. The maximum absolute atomic E-state index is 11.5. The molecule has 0 unspecified atom stereocenters. The van der Waals surface area contributed by atoms with Gasteiger partial charge in [-0.05, 0) is 18.8 Å². The molecule has 1 aliphatic rings. The van der Waals surface area contributed by atoms with Crippen LogP contribution in [0, 0.1) is 5.92 Å². The fraction of sp³-hybridized carbons (Fsp3) is 0.500. The van der Waals surface area contributed by atoms with Crippen LogP contribution in [-0.2, 0) is 11.8 Å². The number of hydrogen-bond donors (Lipinski definition) is 2. The second-order valence-electron chi connectivity index (χ2n) is 4.07. The first-order valence-corrected chi connectivity index (χ1v) is 5.13. The number of carboxylic acid groups (broad SMARTS) is 1. The van der Waals surface area contributed by atoms with Crippen molar-refractivity contribution in [1.29, 1.82) is 0 Å². The lowest BCUT2D eigenvalue weighted by Crippen LogP contribution is -2.14. The maximum atomic E-state index is 11.5. The van der Waals surface area contributed by atoms with Crippen LogP contribution in [0.5, 0.6) is 0 Å². The summed E-state index contributed by atoms with van der Waals surface area (Å²) < 4.78 is 1.37. The van der Waals surface area contributed by atoms with E-state index in [1.807, 2.05) is 0 Å². The molecule has 1 aliphatic carbocycles. The van der Waals surface area contributed by atoms with Gasteiger partial charge in [-0.3, -0.25) is 9.48 Å². The van der Waals surface area contributed by atoms with Crippen molar-refractivity contribution in [2.45, 2.75) is 19.3 Å². The average molecular weight is 223 g/mol. The van der Waals surface area contributed by atoms with Crippen molar-refractivity contribution < 1.29 is 14.7 Å². The summed E-state index contributed by atoms with van der Waals surface area (Å²) in [6.07, 6.45) is 3.99. The van der Waals surface area contributed by atoms with Crippen molar-refractivity contribution in [2.24, 2.45) is 13.0 Å². The van der Waals surface area contributed by atoms with Gasteiger partial charge in [0, 0.05) is 19.7 Å². The van der Waals surface area contributed by atoms with Crippen LogP contribution in [0.3, 0.4) is 0 Å². The van der Waals surface area contributed by atoms with Gasteiger partial charge in [-0.25, -0.2) is 4.79 Å². The molecule has 1 amide bonds. The summed E-state index contributed by atoms with van der Waals surface area (Å²) in [5.41, 5.74) is 0.0200. The number of nitrogens with zero attached hydrogens (tertiary/aromatic N) is 2. The number of nitrogens with one attached hydrogen (secondary N) is 1. The molecule has 1 heterocycles. The molecule has 0 spiro atoms. The number of aromatic nitrogens is 2. The third kappa shape index (κ3) is 2.39. The molecule has 1 saturated carbocycles. The minimum Gasteiger partial charge on any atom is -0.477 e. The van der Waals surface area contributed by atoms with Crippen LogP contribution in [0.15, 0.2) is 6.20 Å². The molecule has 0 aliphatic heterocycles. The molecule has 0 atom stereocenters. The van der Waals surface area contributed by atoms with Crippen LogP contribution < -0.4 is 5.32 Å². The molecule has 0 bridgehead atoms. The van der Waals surface area contributed by atoms with Gasteiger partial charge in [0.1, 0.15) is 5.56 Å². The lowest BCUT2D eigenvalue weighted by atomic mass is 10.2. The summed E-state index contributed by atoms with van der Waals surface area (Å²) in [5.74, 6) is -0.656. The number of carbonyl (C=O) groups excluding carboxylic acids is 1. The summed E-state index contributed by atoms with van der Waals surface area (Å²) in [7, 11) is 1.61. The van der Waals surface area contributed by atoms with Crippen LogP contribution >= 0.6 is 0 Å². The van der Waals surface area contributed by atoms with Crippen LogP contribution in [-0.4, -0.2) is 26.8 Å². The van der Waals surface area contributed by atoms with Gasteiger partial charge in [-0.2, -0.15) is 5.10 Å². The number of rotatable bonds is 4. The minimum atomic E-state index is -1.09. The van der Waals surface area contributed by atoms with Gasteiger partial charge < -0.3 is 10.4 Å². The van der Waals surface area contributed by atoms with Crippen molar-refractivity contribution in [1.82, 2.24) is 9.78 Å². The predicted molar refractivity (Wildman–Crippen MR) is 56.1 cm³/mol. The van der Waals surface area contributed by atoms with Gasteiger partial charge in [0.2, 0.25) is 5.91 Å². The molecule has 0 saturated heterocycles. The van der Waals surface area contributed by atoms with E-state index in [4.69, 9.17) is 5.11 Å². The summed E-state index contributed by atoms with van der Waals surface area (Å²) in [5, 5.41) is 15.3. The molecule has 6 nitrogen and oxygen atoms in total. The summed E-state index contributed by atoms with van der Waals surface area (Å²) >= 11 is 0. The molecule has 16 heavy (non-hydrogen) atoms. The van der Waals surface area contributed by atoms with E-state index in [0.29, 0.717) is 12.3 Å². The smallest absolute Gasteiger partial charge is 0.341 e. The Bertz CT molecular complexity index is 435. The number of carboxylic acids is 1. The van der Waals surface area contributed by atoms with E-state index in [1.165, 1.54) is 10.9 Å². The zero-order valence-electron chi connectivity index (χ0n) is 8.93. The Hall–Kier alpha value is -1.85.